The summed E-state index contributed by atoms with van der Waals surface area (Å²) < 4.78 is 0. The molecule has 4 N–H and O–H groups in total. The van der Waals surface area contributed by atoms with Gasteiger partial charge in [0.05, 0.1) is 18.8 Å². The van der Waals surface area contributed by atoms with Crippen LogP contribution >= 0.6 is 0 Å². The van der Waals surface area contributed by atoms with Gasteiger partial charge < -0.3 is 15.5 Å². The van der Waals surface area contributed by atoms with Gasteiger partial charge in [-0.1, -0.05) is 6.92 Å². The highest BCUT2D eigenvalue weighted by Gasteiger charge is 2.25. The Bertz CT molecular complexity index is 236. The number of aliphatic hydroxyl groups is 2. The fraction of sp³-hybridized carbons (Fsp3) is 0.667. The number of nitrogens with one attached hydrogen (secondary N) is 2. The van der Waals surface area contributed by atoms with Crippen molar-refractivity contribution in [3.63, 3.8) is 0 Å². The summed E-state index contributed by atoms with van der Waals surface area (Å²) in [4.78, 5) is 0. The molecule has 0 amide bonds. The number of hydrogen-bond donors (Lipinski definition) is 4. The van der Waals surface area contributed by atoms with E-state index < -0.39 is 5.54 Å². The van der Waals surface area contributed by atoms with E-state index in [0.717, 1.165) is 5.69 Å². The molecule has 0 fully saturated rings. The third kappa shape index (κ3) is 2.54. The molecule has 0 aromatic carbocycles. The zero-order valence-electron chi connectivity index (χ0n) is 8.32. The lowest BCUT2D eigenvalue weighted by molar-refractivity contribution is 0.0861. The number of aliphatic hydroxyl groups excluding tert-OH is 2. The smallest absolute Gasteiger partial charge is 0.0648 e. The molecule has 0 radical (unpaired) electrons. The van der Waals surface area contributed by atoms with Crippen molar-refractivity contribution in [3.8, 4) is 0 Å². The Morgan fingerprint density at radius 2 is 2.21 bits per heavy atom. The van der Waals surface area contributed by atoms with Crippen LogP contribution in [-0.2, 0) is 6.54 Å². The lowest BCUT2D eigenvalue weighted by atomic mass is 9.98. The Labute approximate surface area is 83.2 Å². The van der Waals surface area contributed by atoms with Gasteiger partial charge in [0.25, 0.3) is 0 Å². The summed E-state index contributed by atoms with van der Waals surface area (Å²) >= 11 is 0. The summed E-state index contributed by atoms with van der Waals surface area (Å²) in [5.41, 5.74) is 0.343. The topological polar surface area (TPSA) is 81.2 Å². The Morgan fingerprint density at radius 3 is 2.64 bits per heavy atom. The van der Waals surface area contributed by atoms with Crippen molar-refractivity contribution >= 4 is 0 Å². The summed E-state index contributed by atoms with van der Waals surface area (Å²) in [7, 11) is 0. The average molecular weight is 199 g/mol. The Morgan fingerprint density at radius 1 is 1.50 bits per heavy atom. The molecule has 0 bridgehead atoms. The maximum absolute atomic E-state index is 9.16. The maximum atomic E-state index is 9.16. The molecule has 0 saturated carbocycles. The first-order valence-corrected chi connectivity index (χ1v) is 4.71. The van der Waals surface area contributed by atoms with Crippen molar-refractivity contribution < 1.29 is 10.2 Å². The number of hydrogen-bond acceptors (Lipinski definition) is 4. The molecule has 14 heavy (non-hydrogen) atoms. The van der Waals surface area contributed by atoms with Gasteiger partial charge in [0.15, 0.2) is 0 Å². The Hall–Kier alpha value is -0.910. The molecule has 1 aromatic rings. The first-order chi connectivity index (χ1) is 6.76. The number of H-pyrrole nitrogens is 1. The van der Waals surface area contributed by atoms with Crippen LogP contribution in [0.15, 0.2) is 12.3 Å². The Balaban J connectivity index is 2.48. The molecule has 0 spiro atoms. The zero-order chi connectivity index (χ0) is 10.4. The van der Waals surface area contributed by atoms with Crippen molar-refractivity contribution in [2.45, 2.75) is 25.4 Å². The third-order valence-corrected chi connectivity index (χ3v) is 2.49. The van der Waals surface area contributed by atoms with Crippen LogP contribution in [0.2, 0.25) is 0 Å². The van der Waals surface area contributed by atoms with E-state index in [-0.39, 0.29) is 13.2 Å². The second-order valence-corrected chi connectivity index (χ2v) is 3.39. The standard InChI is InChI=1S/C9H17N3O2/c1-2-9(6-13,7-14)10-5-8-3-4-11-12-8/h3-4,10,13-14H,2,5-7H2,1H3,(H,11,12). The van der Waals surface area contributed by atoms with Crippen LogP contribution in [0, 0.1) is 0 Å². The molecule has 0 aliphatic carbocycles. The van der Waals surface area contributed by atoms with Gasteiger partial charge in [-0.05, 0) is 12.5 Å². The molecular formula is C9H17N3O2. The van der Waals surface area contributed by atoms with E-state index in [1.54, 1.807) is 6.20 Å². The molecule has 5 heteroatoms. The highest BCUT2D eigenvalue weighted by molar-refractivity contribution is 4.99. The predicted octanol–water partition coefficient (Wildman–Crippen LogP) is -0.367. The molecule has 0 aliphatic rings. The SMILES string of the molecule is CCC(CO)(CO)NCc1ccn[nH]1. The first kappa shape index (κ1) is 11.2. The summed E-state index contributed by atoms with van der Waals surface area (Å²) in [5.74, 6) is 0. The largest absolute Gasteiger partial charge is 0.394 e. The van der Waals surface area contributed by atoms with Crippen molar-refractivity contribution in [2.75, 3.05) is 13.2 Å². The van der Waals surface area contributed by atoms with E-state index in [4.69, 9.17) is 10.2 Å². The van der Waals surface area contributed by atoms with Crippen molar-refractivity contribution in [3.05, 3.63) is 18.0 Å². The summed E-state index contributed by atoms with van der Waals surface area (Å²) in [5, 5.41) is 28.0. The zero-order valence-corrected chi connectivity index (χ0v) is 8.32. The van der Waals surface area contributed by atoms with Gasteiger partial charge in [0, 0.05) is 18.4 Å². The second kappa shape index (κ2) is 5.09. The van der Waals surface area contributed by atoms with Gasteiger partial charge in [0.1, 0.15) is 0 Å². The van der Waals surface area contributed by atoms with Crippen LogP contribution in [-0.4, -0.2) is 39.2 Å². The minimum Gasteiger partial charge on any atom is -0.394 e. The fourth-order valence-corrected chi connectivity index (χ4v) is 1.18. The van der Waals surface area contributed by atoms with Crippen LogP contribution in [0.4, 0.5) is 0 Å². The van der Waals surface area contributed by atoms with Gasteiger partial charge in [-0.25, -0.2) is 0 Å². The summed E-state index contributed by atoms with van der Waals surface area (Å²) in [6.07, 6.45) is 2.34. The van der Waals surface area contributed by atoms with Crippen molar-refractivity contribution in [1.82, 2.24) is 15.5 Å². The van der Waals surface area contributed by atoms with Crippen molar-refractivity contribution in [2.24, 2.45) is 0 Å². The number of rotatable bonds is 6. The third-order valence-electron chi connectivity index (χ3n) is 2.49. The molecule has 0 unspecified atom stereocenters. The lowest BCUT2D eigenvalue weighted by Gasteiger charge is -2.29. The number of aromatic amines is 1. The predicted molar refractivity (Wildman–Crippen MR) is 52.6 cm³/mol. The van der Waals surface area contributed by atoms with E-state index in [2.05, 4.69) is 15.5 Å². The molecule has 1 rings (SSSR count). The van der Waals surface area contributed by atoms with Crippen LogP contribution < -0.4 is 5.32 Å². The van der Waals surface area contributed by atoms with Gasteiger partial charge in [-0.3, -0.25) is 5.10 Å². The molecule has 80 valence electrons. The highest BCUT2D eigenvalue weighted by Crippen LogP contribution is 2.09. The first-order valence-electron chi connectivity index (χ1n) is 4.71. The van der Waals surface area contributed by atoms with Crippen LogP contribution in [0.1, 0.15) is 19.0 Å². The van der Waals surface area contributed by atoms with Crippen LogP contribution in [0.3, 0.4) is 0 Å². The maximum Gasteiger partial charge on any atom is 0.0648 e. The van der Waals surface area contributed by atoms with Gasteiger partial charge in [0.2, 0.25) is 0 Å². The van der Waals surface area contributed by atoms with E-state index in [1.165, 1.54) is 0 Å². The fourth-order valence-electron chi connectivity index (χ4n) is 1.18. The quantitative estimate of drug-likeness (QED) is 0.504. The summed E-state index contributed by atoms with van der Waals surface area (Å²) in [6.45, 7) is 2.34. The van der Waals surface area contributed by atoms with Crippen LogP contribution in [0.5, 0.6) is 0 Å². The second-order valence-electron chi connectivity index (χ2n) is 3.39. The normalized spacial score (nSPS) is 11.9. The van der Waals surface area contributed by atoms with E-state index in [9.17, 15) is 0 Å². The molecule has 0 atom stereocenters. The van der Waals surface area contributed by atoms with Crippen LogP contribution in [0.25, 0.3) is 0 Å². The molecular weight excluding hydrogens is 182 g/mol. The minimum atomic E-state index is -0.592. The Kier molecular flexibility index (Phi) is 4.06. The minimum absolute atomic E-state index is 0.0753. The molecule has 1 aromatic heterocycles. The van der Waals surface area contributed by atoms with Gasteiger partial charge in [-0.15, -0.1) is 0 Å². The highest BCUT2D eigenvalue weighted by atomic mass is 16.3. The molecule has 0 saturated heterocycles. The molecule has 5 nitrogen and oxygen atoms in total. The van der Waals surface area contributed by atoms with E-state index >= 15 is 0 Å². The molecule has 0 aliphatic heterocycles. The van der Waals surface area contributed by atoms with Gasteiger partial charge in [-0.2, -0.15) is 5.10 Å². The van der Waals surface area contributed by atoms with Crippen molar-refractivity contribution in [1.29, 1.82) is 0 Å². The average Bonchev–Trinajstić information content (AvgIpc) is 2.74. The number of nitrogens with zero attached hydrogens (tertiary/aromatic N) is 1. The summed E-state index contributed by atoms with van der Waals surface area (Å²) in [6, 6.07) is 1.85. The molecule has 1 heterocycles. The van der Waals surface area contributed by atoms with Gasteiger partial charge >= 0.3 is 0 Å². The lowest BCUT2D eigenvalue weighted by Crippen LogP contribution is -2.50. The van der Waals surface area contributed by atoms with E-state index in [1.807, 2.05) is 13.0 Å². The number of aromatic nitrogens is 2. The monoisotopic (exact) mass is 199 g/mol. The van der Waals surface area contributed by atoms with E-state index in [0.29, 0.717) is 13.0 Å².